The molecule has 5 aliphatic rings. The lowest BCUT2D eigenvalue weighted by atomic mass is 9.41. The molecule has 43 heavy (non-hydrogen) atoms. The van der Waals surface area contributed by atoms with Gasteiger partial charge < -0.3 is 30.9 Å². The summed E-state index contributed by atoms with van der Waals surface area (Å²) in [5.41, 5.74) is 2.12. The minimum atomic E-state index is -1.44. The van der Waals surface area contributed by atoms with Crippen LogP contribution in [0.3, 0.4) is 0 Å². The molecule has 0 bridgehead atoms. The topological polar surface area (TPSA) is 150 Å². The molecule has 0 aromatic carbocycles. The molecule has 0 radical (unpaired) electrons. The Morgan fingerprint density at radius 1 is 0.907 bits per heavy atom. The maximum absolute atomic E-state index is 12.7. The monoisotopic (exact) mass is 605 g/mol. The van der Waals surface area contributed by atoms with Crippen LogP contribution in [0, 0.1) is 28.6 Å². The summed E-state index contributed by atoms with van der Waals surface area (Å²) in [5.74, 6) is -1.82. The van der Waals surface area contributed by atoms with E-state index < -0.39 is 34.1 Å². The van der Waals surface area contributed by atoms with Crippen LogP contribution in [0.4, 0.5) is 0 Å². The van der Waals surface area contributed by atoms with E-state index >= 15 is 0 Å². The van der Waals surface area contributed by atoms with Crippen LogP contribution in [-0.4, -0.2) is 62.8 Å². The summed E-state index contributed by atoms with van der Waals surface area (Å²) in [4.78, 5) is 24.3. The van der Waals surface area contributed by atoms with E-state index in [0.29, 0.717) is 32.1 Å². The number of ether oxygens (including phenoxy) is 1. The molecule has 0 amide bonds. The second-order valence-corrected chi connectivity index (χ2v) is 14.7. The van der Waals surface area contributed by atoms with Crippen molar-refractivity contribution in [2.24, 2.45) is 34.3 Å². The summed E-state index contributed by atoms with van der Waals surface area (Å²) >= 11 is 0. The molecule has 1 aliphatic heterocycles. The minimum Gasteiger partial charge on any atom is -0.481 e. The lowest BCUT2D eigenvalue weighted by Crippen LogP contribution is -2.70. The third kappa shape index (κ3) is 6.45. The maximum atomic E-state index is 12.7. The number of aliphatic hydroxyl groups is 3. The number of fused-ring (bicyclic) bond motifs is 5. The molecular formula is C35H59NO7. The van der Waals surface area contributed by atoms with Crippen LogP contribution >= 0.6 is 0 Å². The normalized spacial score (nSPS) is 40.0. The Labute approximate surface area is 258 Å². The minimum absolute atomic E-state index is 0.0460. The van der Waals surface area contributed by atoms with Crippen LogP contribution in [-0.2, 0) is 14.3 Å². The summed E-state index contributed by atoms with van der Waals surface area (Å²) < 4.78 is 5.14. The van der Waals surface area contributed by atoms with Crippen molar-refractivity contribution in [3.8, 4) is 0 Å². The van der Waals surface area contributed by atoms with E-state index in [0.717, 1.165) is 18.5 Å². The summed E-state index contributed by atoms with van der Waals surface area (Å²) in [6.45, 7) is 5.51. The highest BCUT2D eigenvalue weighted by atomic mass is 16.5. The highest BCUT2D eigenvalue weighted by Gasteiger charge is 2.73. The van der Waals surface area contributed by atoms with Crippen molar-refractivity contribution in [3.63, 3.8) is 0 Å². The number of carbonyl (C=O) groups is 2. The van der Waals surface area contributed by atoms with Crippen molar-refractivity contribution >= 4 is 11.9 Å². The Morgan fingerprint density at radius 3 is 2.12 bits per heavy atom. The van der Waals surface area contributed by atoms with Gasteiger partial charge in [-0.1, -0.05) is 71.6 Å². The summed E-state index contributed by atoms with van der Waals surface area (Å²) in [5, 5.41) is 44.1. The fourth-order valence-electron chi connectivity index (χ4n) is 10.1. The average Bonchev–Trinajstić information content (AvgIpc) is 3.51. The standard InChI is InChI=1S/C23H32O7.C12H27N/c1-20-6-3-16-17(23(20,29)9-5-15(20)13-10-18(25)30-12-13)4-7-21(28)11-14(24)2-8-22(16,21)19(26)27;1-2-3-4-5-6-7-8-9-10-11-12-13/h10,14-17,24,28-29H,2-9,11-12H2,1H3,(H,26,27);2-13H2,1H3/t14-,15+,16-,17+,20+,21-,22+,23-;/m0./s1. The zero-order chi connectivity index (χ0) is 31.3. The number of nitrogens with two attached hydrogens (primary N) is 1. The predicted octanol–water partition coefficient (Wildman–Crippen LogP) is 5.65. The third-order valence-electron chi connectivity index (χ3n) is 12.5. The Bertz CT molecular complexity index is 991. The highest BCUT2D eigenvalue weighted by Crippen LogP contribution is 2.70. The van der Waals surface area contributed by atoms with Crippen LogP contribution < -0.4 is 5.73 Å². The Hall–Kier alpha value is -1.48. The third-order valence-corrected chi connectivity index (χ3v) is 12.5. The molecule has 4 saturated carbocycles. The van der Waals surface area contributed by atoms with Gasteiger partial charge in [0.2, 0.25) is 0 Å². The van der Waals surface area contributed by atoms with Gasteiger partial charge in [-0.3, -0.25) is 4.79 Å². The van der Waals surface area contributed by atoms with Crippen LogP contribution in [0.15, 0.2) is 11.6 Å². The number of aliphatic carboxylic acids is 1. The van der Waals surface area contributed by atoms with Crippen LogP contribution in [0.25, 0.3) is 0 Å². The van der Waals surface area contributed by atoms with Crippen LogP contribution in [0.1, 0.15) is 136 Å². The number of hydrogen-bond donors (Lipinski definition) is 5. The fraction of sp³-hybridized carbons (Fsp3) is 0.886. The van der Waals surface area contributed by atoms with Crippen molar-refractivity contribution in [1.29, 1.82) is 0 Å². The number of cyclic esters (lactones) is 1. The molecule has 0 saturated heterocycles. The van der Waals surface area contributed by atoms with Gasteiger partial charge in [-0.15, -0.1) is 0 Å². The number of aliphatic hydroxyl groups excluding tert-OH is 1. The van der Waals surface area contributed by atoms with Gasteiger partial charge in [0.25, 0.3) is 0 Å². The van der Waals surface area contributed by atoms with Crippen molar-refractivity contribution in [2.75, 3.05) is 13.2 Å². The lowest BCUT2D eigenvalue weighted by molar-refractivity contribution is -0.260. The van der Waals surface area contributed by atoms with E-state index in [2.05, 4.69) is 13.8 Å². The molecule has 8 nitrogen and oxygen atoms in total. The Balaban J connectivity index is 0.000000277. The van der Waals surface area contributed by atoms with Crippen LogP contribution in [0.2, 0.25) is 0 Å². The van der Waals surface area contributed by atoms with Gasteiger partial charge in [-0.25, -0.2) is 4.79 Å². The first-order valence-corrected chi connectivity index (χ1v) is 17.4. The first kappa shape index (κ1) is 34.4. The molecule has 8 heteroatoms. The molecule has 0 spiro atoms. The lowest BCUT2D eigenvalue weighted by Gasteiger charge is -2.65. The predicted molar refractivity (Wildman–Crippen MR) is 166 cm³/mol. The van der Waals surface area contributed by atoms with Crippen molar-refractivity contribution in [1.82, 2.24) is 0 Å². The molecule has 1 heterocycles. The summed E-state index contributed by atoms with van der Waals surface area (Å²) in [6.07, 6.45) is 18.9. The number of unbranched alkanes of at least 4 members (excludes halogenated alkanes) is 9. The Kier molecular flexibility index (Phi) is 11.4. The molecule has 5 rings (SSSR count). The van der Waals surface area contributed by atoms with Gasteiger partial charge in [-0.05, 0) is 87.7 Å². The number of hydrogen-bond acceptors (Lipinski definition) is 7. The first-order chi connectivity index (χ1) is 20.5. The molecule has 246 valence electrons. The number of carboxylic acid groups (broad SMARTS) is 1. The van der Waals surface area contributed by atoms with Gasteiger partial charge in [0, 0.05) is 17.9 Å². The van der Waals surface area contributed by atoms with Gasteiger partial charge in [-0.2, -0.15) is 0 Å². The number of carbonyl (C=O) groups excluding carboxylic acids is 1. The van der Waals surface area contributed by atoms with Gasteiger partial charge in [0.1, 0.15) is 6.61 Å². The van der Waals surface area contributed by atoms with E-state index in [1.165, 1.54) is 64.2 Å². The van der Waals surface area contributed by atoms with Crippen LogP contribution in [0.5, 0.6) is 0 Å². The number of esters is 1. The number of rotatable bonds is 12. The zero-order valence-corrected chi connectivity index (χ0v) is 26.8. The van der Waals surface area contributed by atoms with Crippen molar-refractivity contribution in [2.45, 2.75) is 153 Å². The molecule has 0 aromatic heterocycles. The molecular weight excluding hydrogens is 546 g/mol. The Morgan fingerprint density at radius 2 is 1.53 bits per heavy atom. The number of carboxylic acids is 1. The fourth-order valence-corrected chi connectivity index (χ4v) is 10.1. The largest absolute Gasteiger partial charge is 0.481 e. The summed E-state index contributed by atoms with van der Waals surface area (Å²) in [7, 11) is 0. The molecule has 6 N–H and O–H groups in total. The molecule has 4 aliphatic carbocycles. The second-order valence-electron chi connectivity index (χ2n) is 14.7. The van der Waals surface area contributed by atoms with E-state index in [-0.39, 0.29) is 49.6 Å². The highest BCUT2D eigenvalue weighted by molar-refractivity contribution is 5.85. The van der Waals surface area contributed by atoms with Gasteiger partial charge in [0.15, 0.2) is 0 Å². The average molecular weight is 606 g/mol. The van der Waals surface area contributed by atoms with Crippen molar-refractivity contribution < 1.29 is 34.8 Å². The second kappa shape index (κ2) is 14.3. The first-order valence-electron chi connectivity index (χ1n) is 17.4. The quantitative estimate of drug-likeness (QED) is 0.141. The van der Waals surface area contributed by atoms with E-state index in [4.69, 9.17) is 10.5 Å². The van der Waals surface area contributed by atoms with E-state index in [1.807, 2.05) is 0 Å². The van der Waals surface area contributed by atoms with Crippen molar-refractivity contribution in [3.05, 3.63) is 11.6 Å². The molecule has 4 fully saturated rings. The van der Waals surface area contributed by atoms with Gasteiger partial charge >= 0.3 is 11.9 Å². The van der Waals surface area contributed by atoms with Gasteiger partial charge in [0.05, 0.1) is 22.7 Å². The van der Waals surface area contributed by atoms with E-state index in [1.54, 1.807) is 6.08 Å². The van der Waals surface area contributed by atoms with E-state index in [9.17, 15) is 30.0 Å². The summed E-state index contributed by atoms with van der Waals surface area (Å²) in [6, 6.07) is 0. The zero-order valence-electron chi connectivity index (χ0n) is 26.8. The smallest absolute Gasteiger partial charge is 0.331 e. The molecule has 0 unspecified atom stereocenters. The maximum Gasteiger partial charge on any atom is 0.331 e. The SMILES string of the molecule is CCCCCCCCCCCCN.C[C@]12CC[C@H]3[C@@H](CC[C@]4(O)C[C@@H](O)CC[C@]34C(=O)O)[C@@]1(O)CC[C@@H]2C1=CC(=O)OC1. The molecule has 8 atom stereocenters. The molecule has 0 aromatic rings.